The molecule has 19 heavy (non-hydrogen) atoms. The summed E-state index contributed by atoms with van der Waals surface area (Å²) >= 11 is 0. The minimum Gasteiger partial charge on any atom is -0.342 e. The molecular weight excluding hydrogens is 242 g/mol. The number of nitrogens with one attached hydrogen (secondary N) is 3. The number of rotatable bonds is 4. The van der Waals surface area contributed by atoms with E-state index < -0.39 is 11.8 Å². The molecule has 1 aromatic rings. The van der Waals surface area contributed by atoms with Crippen molar-refractivity contribution in [3.63, 3.8) is 0 Å². The van der Waals surface area contributed by atoms with Gasteiger partial charge in [-0.1, -0.05) is 6.07 Å². The molecule has 5 nitrogen and oxygen atoms in total. The Morgan fingerprint density at radius 2 is 1.79 bits per heavy atom. The van der Waals surface area contributed by atoms with E-state index in [9.17, 15) is 9.59 Å². The first-order valence-corrected chi connectivity index (χ1v) is 6.35. The van der Waals surface area contributed by atoms with Crippen molar-refractivity contribution in [3.8, 4) is 0 Å². The molecule has 0 fully saturated rings. The maximum absolute atomic E-state index is 11.7. The zero-order chi connectivity index (χ0) is 14.4. The lowest BCUT2D eigenvalue weighted by molar-refractivity contribution is -0.856. The Hall–Kier alpha value is -1.88. The van der Waals surface area contributed by atoms with Gasteiger partial charge < -0.3 is 15.5 Å². The minimum absolute atomic E-state index is 0.488. The van der Waals surface area contributed by atoms with E-state index in [1.165, 1.54) is 4.90 Å². The smallest absolute Gasteiger partial charge is 0.313 e. The van der Waals surface area contributed by atoms with Crippen molar-refractivity contribution in [2.75, 3.05) is 32.5 Å². The van der Waals surface area contributed by atoms with E-state index in [1.54, 1.807) is 6.07 Å². The molecule has 0 aliphatic heterocycles. The molecule has 2 amide bonds. The van der Waals surface area contributed by atoms with Crippen LogP contribution in [0.5, 0.6) is 0 Å². The number of anilines is 1. The summed E-state index contributed by atoms with van der Waals surface area (Å²) in [5, 5.41) is 5.18. The van der Waals surface area contributed by atoms with Crippen molar-refractivity contribution in [1.29, 1.82) is 0 Å². The number of quaternary nitrogens is 1. The fraction of sp³-hybridized carbons (Fsp3) is 0.429. The normalized spacial score (nSPS) is 10.4. The highest BCUT2D eigenvalue weighted by Gasteiger charge is 2.13. The molecule has 1 rings (SSSR count). The number of likely N-dealkylation sites (N-methyl/N-ethyl adjacent to an activating group) is 1. The van der Waals surface area contributed by atoms with Crippen LogP contribution in [0.2, 0.25) is 0 Å². The zero-order valence-electron chi connectivity index (χ0n) is 12.0. The number of amides is 2. The van der Waals surface area contributed by atoms with E-state index >= 15 is 0 Å². The Labute approximate surface area is 114 Å². The Balaban J connectivity index is 2.49. The molecule has 1 aromatic carbocycles. The average molecular weight is 264 g/mol. The van der Waals surface area contributed by atoms with Crippen molar-refractivity contribution in [3.05, 3.63) is 29.3 Å². The summed E-state index contributed by atoms with van der Waals surface area (Å²) in [5.41, 5.74) is 2.87. The van der Waals surface area contributed by atoms with Gasteiger partial charge in [0.05, 0.1) is 27.2 Å². The Morgan fingerprint density at radius 1 is 1.11 bits per heavy atom. The quantitative estimate of drug-likeness (QED) is 0.642. The third-order valence-corrected chi connectivity index (χ3v) is 2.88. The van der Waals surface area contributed by atoms with Crippen molar-refractivity contribution in [2.24, 2.45) is 0 Å². The molecule has 0 unspecified atom stereocenters. The van der Waals surface area contributed by atoms with Crippen LogP contribution < -0.4 is 15.5 Å². The highest BCUT2D eigenvalue weighted by Crippen LogP contribution is 2.13. The molecule has 5 heteroatoms. The highest BCUT2D eigenvalue weighted by molar-refractivity contribution is 6.39. The molecule has 0 aromatic heterocycles. The molecule has 0 spiro atoms. The number of aryl methyl sites for hydroxylation is 2. The van der Waals surface area contributed by atoms with Gasteiger partial charge in [-0.25, -0.2) is 0 Å². The fourth-order valence-electron chi connectivity index (χ4n) is 1.51. The van der Waals surface area contributed by atoms with E-state index in [0.29, 0.717) is 12.2 Å². The van der Waals surface area contributed by atoms with Gasteiger partial charge in [0.25, 0.3) is 0 Å². The van der Waals surface area contributed by atoms with Gasteiger partial charge in [0.2, 0.25) is 0 Å². The zero-order valence-corrected chi connectivity index (χ0v) is 12.0. The first-order chi connectivity index (χ1) is 8.90. The highest BCUT2D eigenvalue weighted by atomic mass is 16.2. The topological polar surface area (TPSA) is 62.6 Å². The Morgan fingerprint density at radius 3 is 2.37 bits per heavy atom. The largest absolute Gasteiger partial charge is 0.342 e. The first-order valence-electron chi connectivity index (χ1n) is 6.35. The number of benzene rings is 1. The molecular formula is C14H22N3O2+. The SMILES string of the molecule is Cc1ccc(NC(=O)C(=O)NCC[NH+](C)C)cc1C. The molecule has 0 radical (unpaired) electrons. The van der Waals surface area contributed by atoms with Crippen molar-refractivity contribution in [1.82, 2.24) is 5.32 Å². The van der Waals surface area contributed by atoms with Gasteiger partial charge in [-0.2, -0.15) is 0 Å². The standard InChI is InChI=1S/C14H21N3O2/c1-10-5-6-12(9-11(10)2)16-14(19)13(18)15-7-8-17(3)4/h5-6,9H,7-8H2,1-4H3,(H,15,18)(H,16,19)/p+1. The van der Waals surface area contributed by atoms with Crippen LogP contribution in [0.15, 0.2) is 18.2 Å². The van der Waals surface area contributed by atoms with Crippen LogP contribution in [0.1, 0.15) is 11.1 Å². The van der Waals surface area contributed by atoms with Gasteiger partial charge >= 0.3 is 11.8 Å². The van der Waals surface area contributed by atoms with E-state index in [-0.39, 0.29) is 0 Å². The summed E-state index contributed by atoms with van der Waals surface area (Å²) < 4.78 is 0. The number of carbonyl (C=O) groups is 2. The molecule has 0 heterocycles. The monoisotopic (exact) mass is 264 g/mol. The summed E-state index contributed by atoms with van der Waals surface area (Å²) in [6.45, 7) is 5.23. The maximum Gasteiger partial charge on any atom is 0.313 e. The van der Waals surface area contributed by atoms with Crippen LogP contribution in [0.4, 0.5) is 5.69 Å². The number of carbonyl (C=O) groups excluding carboxylic acids is 2. The van der Waals surface area contributed by atoms with E-state index in [2.05, 4.69) is 10.6 Å². The first kappa shape index (κ1) is 15.2. The summed E-state index contributed by atoms with van der Waals surface area (Å²) in [7, 11) is 3.97. The van der Waals surface area contributed by atoms with Gasteiger partial charge in [-0.05, 0) is 37.1 Å². The van der Waals surface area contributed by atoms with Gasteiger partial charge in [0, 0.05) is 5.69 Å². The second kappa shape index (κ2) is 6.89. The predicted octanol–water partition coefficient (Wildman–Crippen LogP) is -0.497. The van der Waals surface area contributed by atoms with Crippen LogP contribution in [0, 0.1) is 13.8 Å². The van der Waals surface area contributed by atoms with E-state index in [4.69, 9.17) is 0 Å². The summed E-state index contributed by atoms with van der Waals surface area (Å²) in [4.78, 5) is 24.4. The molecule has 0 bridgehead atoms. The van der Waals surface area contributed by atoms with Gasteiger partial charge in [-0.15, -0.1) is 0 Å². The summed E-state index contributed by atoms with van der Waals surface area (Å²) in [5.74, 6) is -1.23. The number of hydrogen-bond donors (Lipinski definition) is 3. The average Bonchev–Trinajstić information content (AvgIpc) is 2.33. The fourth-order valence-corrected chi connectivity index (χ4v) is 1.51. The lowest BCUT2D eigenvalue weighted by Gasteiger charge is -2.09. The molecule has 0 aliphatic rings. The summed E-state index contributed by atoms with van der Waals surface area (Å²) in [6, 6.07) is 5.56. The predicted molar refractivity (Wildman–Crippen MR) is 75.2 cm³/mol. The molecule has 104 valence electrons. The lowest BCUT2D eigenvalue weighted by Crippen LogP contribution is -3.06. The van der Waals surface area contributed by atoms with Crippen LogP contribution in [0.25, 0.3) is 0 Å². The number of hydrogen-bond acceptors (Lipinski definition) is 2. The van der Waals surface area contributed by atoms with Gasteiger partial charge in [0.1, 0.15) is 0 Å². The molecule has 0 saturated heterocycles. The third kappa shape index (κ3) is 5.09. The van der Waals surface area contributed by atoms with E-state index in [0.717, 1.165) is 17.7 Å². The van der Waals surface area contributed by atoms with E-state index in [1.807, 2.05) is 40.1 Å². The molecule has 0 aliphatic carbocycles. The molecule has 0 atom stereocenters. The third-order valence-electron chi connectivity index (χ3n) is 2.88. The van der Waals surface area contributed by atoms with Gasteiger partial charge in [-0.3, -0.25) is 9.59 Å². The van der Waals surface area contributed by atoms with Gasteiger partial charge in [0.15, 0.2) is 0 Å². The van der Waals surface area contributed by atoms with Crippen LogP contribution >= 0.6 is 0 Å². The second-order valence-electron chi connectivity index (χ2n) is 4.97. The Bertz CT molecular complexity index is 470. The van der Waals surface area contributed by atoms with Crippen LogP contribution in [-0.4, -0.2) is 39.0 Å². The van der Waals surface area contributed by atoms with Crippen molar-refractivity contribution >= 4 is 17.5 Å². The lowest BCUT2D eigenvalue weighted by atomic mass is 10.1. The van der Waals surface area contributed by atoms with Crippen LogP contribution in [0.3, 0.4) is 0 Å². The van der Waals surface area contributed by atoms with Crippen molar-refractivity contribution < 1.29 is 14.5 Å². The Kier molecular flexibility index (Phi) is 5.51. The molecule has 0 saturated carbocycles. The maximum atomic E-state index is 11.7. The molecule has 3 N–H and O–H groups in total. The second-order valence-corrected chi connectivity index (χ2v) is 4.97. The van der Waals surface area contributed by atoms with Crippen LogP contribution in [-0.2, 0) is 9.59 Å². The minimum atomic E-state index is -0.628. The summed E-state index contributed by atoms with van der Waals surface area (Å²) in [6.07, 6.45) is 0. The van der Waals surface area contributed by atoms with Crippen molar-refractivity contribution in [2.45, 2.75) is 13.8 Å².